The van der Waals surface area contributed by atoms with E-state index in [4.69, 9.17) is 9.97 Å². The largest absolute Gasteiger partial charge is 0.327 e. The number of hydrogen-bond acceptors (Lipinski definition) is 4. The molecule has 0 radical (unpaired) electrons. The topological polar surface area (TPSA) is 37.2 Å². The van der Waals surface area contributed by atoms with E-state index in [1.165, 1.54) is 61.4 Å². The van der Waals surface area contributed by atoms with Gasteiger partial charge in [0, 0.05) is 19.3 Å². The molecule has 30 heavy (non-hydrogen) atoms. The van der Waals surface area contributed by atoms with Crippen molar-refractivity contribution in [2.75, 3.05) is 27.2 Å². The van der Waals surface area contributed by atoms with Gasteiger partial charge in [-0.15, -0.1) is 0 Å². The summed E-state index contributed by atoms with van der Waals surface area (Å²) in [6.45, 7) is 4.33. The molecule has 5 nitrogen and oxygen atoms in total. The van der Waals surface area contributed by atoms with Crippen LogP contribution in [-0.4, -0.2) is 51.5 Å². The number of aromatic nitrogens is 3. The molecule has 0 unspecified atom stereocenters. The van der Waals surface area contributed by atoms with Gasteiger partial charge in [0.1, 0.15) is 5.82 Å². The van der Waals surface area contributed by atoms with Crippen LogP contribution in [0.2, 0.25) is 0 Å². The minimum absolute atomic E-state index is 0.379. The lowest BCUT2D eigenvalue weighted by atomic mass is 9.91. The van der Waals surface area contributed by atoms with E-state index in [-0.39, 0.29) is 0 Å². The molecule has 1 saturated heterocycles. The van der Waals surface area contributed by atoms with Crippen LogP contribution in [0.4, 0.5) is 0 Å². The molecule has 2 aliphatic rings. The van der Waals surface area contributed by atoms with E-state index in [1.54, 1.807) is 0 Å². The first-order chi connectivity index (χ1) is 14.7. The van der Waals surface area contributed by atoms with Crippen LogP contribution in [0.5, 0.6) is 0 Å². The normalized spacial score (nSPS) is 22.5. The molecule has 1 aliphatic heterocycles. The summed E-state index contributed by atoms with van der Waals surface area (Å²) in [4.78, 5) is 14.8. The zero-order chi connectivity index (χ0) is 20.5. The Hall–Kier alpha value is -2.24. The predicted octanol–water partition coefficient (Wildman–Crippen LogP) is 4.28. The fourth-order valence-electron chi connectivity index (χ4n) is 5.48. The van der Waals surface area contributed by atoms with Crippen LogP contribution in [0.3, 0.4) is 0 Å². The van der Waals surface area contributed by atoms with Gasteiger partial charge in [-0.25, -0.2) is 4.98 Å². The van der Waals surface area contributed by atoms with Gasteiger partial charge in [0.25, 0.3) is 0 Å². The van der Waals surface area contributed by atoms with Crippen LogP contribution in [0.1, 0.15) is 48.8 Å². The van der Waals surface area contributed by atoms with E-state index in [1.807, 2.05) is 6.20 Å². The monoisotopic (exact) mass is 403 g/mol. The van der Waals surface area contributed by atoms with Gasteiger partial charge in [0.15, 0.2) is 0 Å². The number of benzene rings is 1. The molecular formula is C25H33N5. The number of pyridine rings is 1. The second-order valence-corrected chi connectivity index (χ2v) is 9.27. The number of nitrogens with zero attached hydrogens (tertiary/aromatic N) is 5. The molecule has 0 N–H and O–H groups in total. The third-order valence-corrected chi connectivity index (χ3v) is 6.98. The Morgan fingerprint density at radius 1 is 1.10 bits per heavy atom. The second kappa shape index (κ2) is 8.48. The summed E-state index contributed by atoms with van der Waals surface area (Å²) in [6.07, 6.45) is 8.12. The average molecular weight is 404 g/mol. The standard InChI is InChI=1S/C25H33N5/c1-28-15-7-8-19(16-28)17-30-22-12-4-3-11-21(22)27-24(30)18-29(2)23-13-5-9-20-10-6-14-26-25(20)23/h3-4,6,10-12,14,19,23H,5,7-9,13,15-18H2,1-2H3/t19-,23-/m0/s1. The van der Waals surface area contributed by atoms with Crippen molar-refractivity contribution >= 4 is 11.0 Å². The van der Waals surface area contributed by atoms with Crippen LogP contribution >= 0.6 is 0 Å². The number of imidazole rings is 1. The molecule has 1 aromatic carbocycles. The van der Waals surface area contributed by atoms with Crippen molar-refractivity contribution in [3.63, 3.8) is 0 Å². The highest BCUT2D eigenvalue weighted by atomic mass is 15.2. The first-order valence-electron chi connectivity index (χ1n) is 11.5. The molecule has 2 atom stereocenters. The fraction of sp³-hybridized carbons (Fsp3) is 0.520. The Labute approximate surface area is 179 Å². The lowest BCUT2D eigenvalue weighted by Gasteiger charge is -2.33. The zero-order valence-electron chi connectivity index (χ0n) is 18.3. The van der Waals surface area contributed by atoms with Crippen molar-refractivity contribution in [2.45, 2.75) is 51.2 Å². The maximum atomic E-state index is 5.08. The summed E-state index contributed by atoms with van der Waals surface area (Å²) in [5.74, 6) is 1.89. The van der Waals surface area contributed by atoms with Gasteiger partial charge >= 0.3 is 0 Å². The lowest BCUT2D eigenvalue weighted by Crippen LogP contribution is -2.35. The Morgan fingerprint density at radius 3 is 2.90 bits per heavy atom. The van der Waals surface area contributed by atoms with E-state index in [2.05, 4.69) is 64.9 Å². The minimum atomic E-state index is 0.379. The minimum Gasteiger partial charge on any atom is -0.327 e. The summed E-state index contributed by atoms with van der Waals surface area (Å²) < 4.78 is 2.50. The van der Waals surface area contributed by atoms with E-state index >= 15 is 0 Å². The SMILES string of the molecule is CN1CCC[C@H](Cn2c(CN(C)[C@H]3CCCc4cccnc43)nc3ccccc32)C1. The molecule has 0 saturated carbocycles. The van der Waals surface area contributed by atoms with E-state index in [0.717, 1.165) is 25.0 Å². The molecule has 3 aromatic rings. The lowest BCUT2D eigenvalue weighted by molar-refractivity contribution is 0.184. The van der Waals surface area contributed by atoms with Crippen LogP contribution in [0.25, 0.3) is 11.0 Å². The molecule has 0 amide bonds. The van der Waals surface area contributed by atoms with Gasteiger partial charge in [-0.3, -0.25) is 9.88 Å². The van der Waals surface area contributed by atoms with Crippen molar-refractivity contribution in [1.82, 2.24) is 24.3 Å². The number of rotatable bonds is 5. The summed E-state index contributed by atoms with van der Waals surface area (Å²) in [5, 5.41) is 0. The van der Waals surface area contributed by atoms with Gasteiger partial charge in [-0.1, -0.05) is 18.2 Å². The number of fused-ring (bicyclic) bond motifs is 2. The van der Waals surface area contributed by atoms with Crippen molar-refractivity contribution in [1.29, 1.82) is 0 Å². The number of likely N-dealkylation sites (tertiary alicyclic amines) is 1. The first-order valence-corrected chi connectivity index (χ1v) is 11.5. The fourth-order valence-corrected chi connectivity index (χ4v) is 5.48. The third-order valence-electron chi connectivity index (χ3n) is 6.98. The molecule has 5 rings (SSSR count). The summed E-state index contributed by atoms with van der Waals surface area (Å²) >= 11 is 0. The highest BCUT2D eigenvalue weighted by Crippen LogP contribution is 2.33. The van der Waals surface area contributed by atoms with Crippen LogP contribution < -0.4 is 0 Å². The van der Waals surface area contributed by atoms with E-state index < -0.39 is 0 Å². The van der Waals surface area contributed by atoms with Gasteiger partial charge < -0.3 is 9.47 Å². The average Bonchev–Trinajstić information content (AvgIpc) is 3.10. The highest BCUT2D eigenvalue weighted by molar-refractivity contribution is 5.75. The number of piperidine rings is 1. The van der Waals surface area contributed by atoms with Crippen molar-refractivity contribution in [3.8, 4) is 0 Å². The number of aryl methyl sites for hydroxylation is 1. The first kappa shape index (κ1) is 19.7. The zero-order valence-corrected chi connectivity index (χ0v) is 18.3. The van der Waals surface area contributed by atoms with E-state index in [9.17, 15) is 0 Å². The second-order valence-electron chi connectivity index (χ2n) is 9.27. The van der Waals surface area contributed by atoms with Crippen LogP contribution in [0.15, 0.2) is 42.6 Å². The molecule has 5 heteroatoms. The van der Waals surface area contributed by atoms with Crippen molar-refractivity contribution in [3.05, 3.63) is 59.7 Å². The molecule has 1 fully saturated rings. The molecular weight excluding hydrogens is 370 g/mol. The smallest absolute Gasteiger partial charge is 0.124 e. The molecule has 1 aliphatic carbocycles. The van der Waals surface area contributed by atoms with Gasteiger partial charge in [-0.2, -0.15) is 0 Å². The maximum absolute atomic E-state index is 5.08. The molecule has 158 valence electrons. The summed E-state index contributed by atoms with van der Waals surface area (Å²) in [6, 6.07) is 13.3. The molecule has 3 heterocycles. The Bertz CT molecular complexity index is 1010. The number of hydrogen-bond donors (Lipinski definition) is 0. The Balaban J connectivity index is 1.43. The highest BCUT2D eigenvalue weighted by Gasteiger charge is 2.27. The molecule has 2 aromatic heterocycles. The summed E-state index contributed by atoms with van der Waals surface area (Å²) in [7, 11) is 4.49. The Morgan fingerprint density at radius 2 is 2.00 bits per heavy atom. The quantitative estimate of drug-likeness (QED) is 0.637. The van der Waals surface area contributed by atoms with Crippen molar-refractivity contribution in [2.24, 2.45) is 5.92 Å². The van der Waals surface area contributed by atoms with Gasteiger partial charge in [0.2, 0.25) is 0 Å². The Kier molecular flexibility index (Phi) is 5.57. The molecule has 0 spiro atoms. The predicted molar refractivity (Wildman–Crippen MR) is 121 cm³/mol. The molecule has 0 bridgehead atoms. The van der Waals surface area contributed by atoms with Crippen LogP contribution in [0, 0.1) is 5.92 Å². The van der Waals surface area contributed by atoms with Gasteiger partial charge in [-0.05, 0) is 82.4 Å². The third kappa shape index (κ3) is 3.88. The summed E-state index contributed by atoms with van der Waals surface area (Å²) in [5.41, 5.74) is 5.07. The van der Waals surface area contributed by atoms with Crippen LogP contribution in [-0.2, 0) is 19.5 Å². The number of para-hydroxylation sites is 2. The maximum Gasteiger partial charge on any atom is 0.124 e. The van der Waals surface area contributed by atoms with Crippen molar-refractivity contribution < 1.29 is 0 Å². The van der Waals surface area contributed by atoms with E-state index in [0.29, 0.717) is 12.0 Å². The van der Waals surface area contributed by atoms with Gasteiger partial charge in [0.05, 0.1) is 29.3 Å².